The summed E-state index contributed by atoms with van der Waals surface area (Å²) in [5.74, 6) is 4.46. The van der Waals surface area contributed by atoms with Crippen molar-refractivity contribution in [3.05, 3.63) is 40.0 Å². The smallest absolute Gasteiger partial charge is 0.254 e. The minimum Gasteiger partial charge on any atom is -0.454 e. The van der Waals surface area contributed by atoms with Crippen LogP contribution in [0.3, 0.4) is 0 Å². The van der Waals surface area contributed by atoms with Crippen molar-refractivity contribution in [2.24, 2.45) is 5.92 Å². The van der Waals surface area contributed by atoms with Crippen molar-refractivity contribution in [2.75, 3.05) is 37.9 Å². The lowest BCUT2D eigenvalue weighted by Gasteiger charge is -2.36. The third kappa shape index (κ3) is 4.01. The summed E-state index contributed by atoms with van der Waals surface area (Å²) in [4.78, 5) is 30.3. The molecule has 7 nitrogen and oxygen atoms in total. The molecular formula is C27H32N4O3S. The lowest BCUT2D eigenvalue weighted by atomic mass is 9.89. The number of hydrogen-bond acceptors (Lipinski definition) is 7. The first-order valence-electron chi connectivity index (χ1n) is 12.8. The number of benzene rings is 1. The van der Waals surface area contributed by atoms with E-state index in [0.29, 0.717) is 36.1 Å². The minimum atomic E-state index is 0.0398. The number of thiophene rings is 1. The van der Waals surface area contributed by atoms with Crippen LogP contribution in [0, 0.1) is 5.92 Å². The van der Waals surface area contributed by atoms with E-state index in [1.54, 1.807) is 6.07 Å². The lowest BCUT2D eigenvalue weighted by molar-refractivity contribution is 0.0746. The van der Waals surface area contributed by atoms with E-state index in [2.05, 4.69) is 25.7 Å². The van der Waals surface area contributed by atoms with Crippen molar-refractivity contribution >= 4 is 33.3 Å². The summed E-state index contributed by atoms with van der Waals surface area (Å²) in [6.45, 7) is 9.83. The van der Waals surface area contributed by atoms with Gasteiger partial charge in [0.2, 0.25) is 6.79 Å². The topological polar surface area (TPSA) is 67.8 Å². The molecule has 0 unspecified atom stereocenters. The van der Waals surface area contributed by atoms with Crippen LogP contribution in [-0.2, 0) is 12.8 Å². The molecule has 1 fully saturated rings. The molecule has 0 spiro atoms. The van der Waals surface area contributed by atoms with Gasteiger partial charge in [-0.3, -0.25) is 4.79 Å². The van der Waals surface area contributed by atoms with Crippen LogP contribution in [0.2, 0.25) is 0 Å². The van der Waals surface area contributed by atoms with Gasteiger partial charge >= 0.3 is 0 Å². The first-order chi connectivity index (χ1) is 17.0. The quantitative estimate of drug-likeness (QED) is 0.509. The van der Waals surface area contributed by atoms with Gasteiger partial charge in [-0.2, -0.15) is 0 Å². The summed E-state index contributed by atoms with van der Waals surface area (Å²) in [7, 11) is 0. The van der Waals surface area contributed by atoms with Crippen LogP contribution in [0.1, 0.15) is 66.2 Å². The number of ether oxygens (including phenoxy) is 2. The van der Waals surface area contributed by atoms with Gasteiger partial charge in [-0.25, -0.2) is 9.97 Å². The average Bonchev–Trinajstić information content (AvgIpc) is 3.50. The molecule has 1 saturated heterocycles. The highest BCUT2D eigenvalue weighted by Gasteiger charge is 2.30. The summed E-state index contributed by atoms with van der Waals surface area (Å²) in [5, 5.41) is 1.26. The monoisotopic (exact) mass is 492 g/mol. The predicted molar refractivity (Wildman–Crippen MR) is 138 cm³/mol. The molecule has 1 aromatic carbocycles. The summed E-state index contributed by atoms with van der Waals surface area (Å²) in [6, 6.07) is 5.44. The van der Waals surface area contributed by atoms with Crippen molar-refractivity contribution in [1.29, 1.82) is 0 Å². The van der Waals surface area contributed by atoms with E-state index in [4.69, 9.17) is 19.4 Å². The molecule has 2 atom stereocenters. The average molecular weight is 493 g/mol. The standard InChI is InChI=1S/C27H32N4O3S/c1-4-17(3)24-28-25(23-19-7-5-16(2)13-22(19)35-26(23)29-24)30-9-11-31(12-10-30)27(32)18-6-8-20-21(14-18)34-15-33-20/h6,8,14,16-17H,4-5,7,9-13,15H2,1-3H3/t16-,17-/m1/s1. The second-order valence-electron chi connectivity index (χ2n) is 10.1. The fourth-order valence-corrected chi connectivity index (χ4v) is 6.69. The van der Waals surface area contributed by atoms with Crippen molar-refractivity contribution in [2.45, 2.75) is 52.4 Å². The van der Waals surface area contributed by atoms with Gasteiger partial charge in [0, 0.05) is 42.5 Å². The molecule has 0 saturated carbocycles. The predicted octanol–water partition coefficient (Wildman–Crippen LogP) is 5.02. The molecule has 3 aliphatic rings. The maximum atomic E-state index is 13.2. The number of aryl methyl sites for hydroxylation is 1. The second-order valence-corrected chi connectivity index (χ2v) is 11.2. The summed E-state index contributed by atoms with van der Waals surface area (Å²) < 4.78 is 10.8. The van der Waals surface area contributed by atoms with Crippen LogP contribution in [0.4, 0.5) is 5.82 Å². The van der Waals surface area contributed by atoms with E-state index in [1.165, 1.54) is 22.2 Å². The van der Waals surface area contributed by atoms with E-state index in [1.807, 2.05) is 28.4 Å². The van der Waals surface area contributed by atoms with Crippen LogP contribution in [0.5, 0.6) is 11.5 Å². The van der Waals surface area contributed by atoms with E-state index >= 15 is 0 Å². The molecule has 0 radical (unpaired) electrons. The van der Waals surface area contributed by atoms with E-state index < -0.39 is 0 Å². The molecule has 0 N–H and O–H groups in total. The van der Waals surface area contributed by atoms with Crippen LogP contribution >= 0.6 is 11.3 Å². The Morgan fingerprint density at radius 3 is 2.77 bits per heavy atom. The highest BCUT2D eigenvalue weighted by molar-refractivity contribution is 7.19. The van der Waals surface area contributed by atoms with Gasteiger partial charge in [0.1, 0.15) is 16.5 Å². The normalized spacial score (nSPS) is 20.3. The molecule has 0 bridgehead atoms. The van der Waals surface area contributed by atoms with E-state index in [0.717, 1.165) is 54.7 Å². The number of carbonyl (C=O) groups excluding carboxylic acids is 1. The molecule has 184 valence electrons. The number of rotatable bonds is 4. The SMILES string of the molecule is CC[C@@H](C)c1nc(N2CCN(C(=O)c3ccc4c(c3)OCO4)CC2)c2c3c(sc2n1)C[C@H](C)CC3. The van der Waals surface area contributed by atoms with Gasteiger partial charge < -0.3 is 19.3 Å². The zero-order valence-corrected chi connectivity index (χ0v) is 21.5. The Labute approximate surface area is 210 Å². The molecule has 2 aliphatic heterocycles. The Hall–Kier alpha value is -2.87. The van der Waals surface area contributed by atoms with Gasteiger partial charge in [0.25, 0.3) is 5.91 Å². The molecule has 1 amide bonds. The minimum absolute atomic E-state index is 0.0398. The zero-order chi connectivity index (χ0) is 24.1. The van der Waals surface area contributed by atoms with E-state index in [-0.39, 0.29) is 12.7 Å². The summed E-state index contributed by atoms with van der Waals surface area (Å²) in [5.41, 5.74) is 2.11. The molecule has 2 aromatic heterocycles. The fraction of sp³-hybridized carbons (Fsp3) is 0.519. The van der Waals surface area contributed by atoms with Crippen molar-refractivity contribution in [1.82, 2.24) is 14.9 Å². The largest absolute Gasteiger partial charge is 0.454 e. The van der Waals surface area contributed by atoms with Gasteiger partial charge in [-0.15, -0.1) is 11.3 Å². The van der Waals surface area contributed by atoms with Crippen LogP contribution in [0.25, 0.3) is 10.2 Å². The van der Waals surface area contributed by atoms with Crippen LogP contribution in [-0.4, -0.2) is 53.7 Å². The van der Waals surface area contributed by atoms with Gasteiger partial charge in [-0.05, 0) is 55.4 Å². The van der Waals surface area contributed by atoms with Gasteiger partial charge in [0.05, 0.1) is 5.39 Å². The number of carbonyl (C=O) groups is 1. The number of amides is 1. The van der Waals surface area contributed by atoms with Gasteiger partial charge in [-0.1, -0.05) is 20.8 Å². The molecule has 3 aromatic rings. The maximum Gasteiger partial charge on any atom is 0.254 e. The molecule has 35 heavy (non-hydrogen) atoms. The van der Waals surface area contributed by atoms with E-state index in [9.17, 15) is 4.79 Å². The zero-order valence-electron chi connectivity index (χ0n) is 20.7. The first-order valence-corrected chi connectivity index (χ1v) is 13.6. The summed E-state index contributed by atoms with van der Waals surface area (Å²) in [6.07, 6.45) is 4.50. The molecule has 8 heteroatoms. The highest BCUT2D eigenvalue weighted by Crippen LogP contribution is 2.42. The maximum absolute atomic E-state index is 13.2. The van der Waals surface area contributed by atoms with Crippen molar-refractivity contribution in [3.63, 3.8) is 0 Å². The van der Waals surface area contributed by atoms with Crippen molar-refractivity contribution in [3.8, 4) is 11.5 Å². The fourth-order valence-electron chi connectivity index (χ4n) is 5.30. The number of aromatic nitrogens is 2. The second kappa shape index (κ2) is 8.97. The lowest BCUT2D eigenvalue weighted by Crippen LogP contribution is -2.49. The number of anilines is 1. The number of piperazine rings is 1. The number of fused-ring (bicyclic) bond motifs is 4. The van der Waals surface area contributed by atoms with Crippen LogP contribution < -0.4 is 14.4 Å². The highest BCUT2D eigenvalue weighted by atomic mass is 32.1. The summed E-state index contributed by atoms with van der Waals surface area (Å²) >= 11 is 1.87. The molecule has 6 rings (SSSR count). The number of hydrogen-bond donors (Lipinski definition) is 0. The third-order valence-corrected chi connectivity index (χ3v) is 8.84. The van der Waals surface area contributed by atoms with Gasteiger partial charge in [0.15, 0.2) is 11.5 Å². The molecular weight excluding hydrogens is 460 g/mol. The Morgan fingerprint density at radius 2 is 1.97 bits per heavy atom. The third-order valence-electron chi connectivity index (χ3n) is 7.69. The Morgan fingerprint density at radius 1 is 1.17 bits per heavy atom. The Balaban J connectivity index is 1.27. The van der Waals surface area contributed by atoms with Crippen molar-refractivity contribution < 1.29 is 14.3 Å². The molecule has 4 heterocycles. The Bertz CT molecular complexity index is 1280. The van der Waals surface area contributed by atoms with Crippen LogP contribution in [0.15, 0.2) is 18.2 Å². The first kappa shape index (κ1) is 22.6. The molecule has 1 aliphatic carbocycles. The Kier molecular flexibility index (Phi) is 5.79. The number of nitrogens with zero attached hydrogens (tertiary/aromatic N) is 4.